The van der Waals surface area contributed by atoms with E-state index in [2.05, 4.69) is 42.0 Å². The van der Waals surface area contributed by atoms with E-state index in [-0.39, 0.29) is 5.91 Å². The number of hydrogen-bond donors (Lipinski definition) is 0. The molecule has 0 spiro atoms. The average Bonchev–Trinajstić information content (AvgIpc) is 3.11. The Bertz CT molecular complexity index is 780. The summed E-state index contributed by atoms with van der Waals surface area (Å²) < 4.78 is 0. The zero-order valence-corrected chi connectivity index (χ0v) is 18.3. The number of carbonyl (C=O) groups excluding carboxylic acids is 1. The minimum Gasteiger partial charge on any atom is -0.301 e. The predicted molar refractivity (Wildman–Crippen MR) is 117 cm³/mol. The number of amides is 1. The lowest BCUT2D eigenvalue weighted by atomic mass is 10.1. The highest BCUT2D eigenvalue weighted by Gasteiger charge is 2.22. The first-order valence-corrected chi connectivity index (χ1v) is 11.1. The number of rotatable bonds is 7. The third-order valence-electron chi connectivity index (χ3n) is 5.13. The van der Waals surface area contributed by atoms with E-state index in [0.29, 0.717) is 0 Å². The van der Waals surface area contributed by atoms with E-state index < -0.39 is 0 Å². The van der Waals surface area contributed by atoms with Gasteiger partial charge in [0.2, 0.25) is 5.91 Å². The summed E-state index contributed by atoms with van der Waals surface area (Å²) in [5, 5.41) is 2.86. The first kappa shape index (κ1) is 21.0. The number of para-hydroxylation sites is 1. The zero-order valence-electron chi connectivity index (χ0n) is 17.5. The number of aryl methyl sites for hydroxylation is 1. The van der Waals surface area contributed by atoms with E-state index in [1.165, 1.54) is 6.54 Å². The van der Waals surface area contributed by atoms with E-state index in [4.69, 9.17) is 4.98 Å². The first-order chi connectivity index (χ1) is 13.5. The van der Waals surface area contributed by atoms with Crippen LogP contribution in [-0.4, -0.2) is 53.4 Å². The summed E-state index contributed by atoms with van der Waals surface area (Å²) in [6.45, 7) is 14.7. The number of carbonyl (C=O) groups is 1. The smallest absolute Gasteiger partial charge is 0.230 e. The van der Waals surface area contributed by atoms with Crippen molar-refractivity contribution in [1.82, 2.24) is 14.8 Å². The molecule has 1 aliphatic rings. The minimum absolute atomic E-state index is 0.00380. The lowest BCUT2D eigenvalue weighted by Gasteiger charge is -2.35. The molecule has 28 heavy (non-hydrogen) atoms. The molecule has 0 aliphatic carbocycles. The molecule has 1 aromatic carbocycles. The Morgan fingerprint density at radius 2 is 1.86 bits per heavy atom. The number of benzene rings is 1. The van der Waals surface area contributed by atoms with Crippen molar-refractivity contribution >= 4 is 28.1 Å². The number of thiazole rings is 1. The summed E-state index contributed by atoms with van der Waals surface area (Å²) in [5.41, 5.74) is 3.16. The number of nitrogens with zero attached hydrogens (tertiary/aromatic N) is 4. The monoisotopic (exact) mass is 400 g/mol. The van der Waals surface area contributed by atoms with Gasteiger partial charge in [-0.3, -0.25) is 14.6 Å². The predicted octanol–water partition coefficient (Wildman–Crippen LogP) is 4.16. The Morgan fingerprint density at radius 1 is 1.18 bits per heavy atom. The molecular weight excluding hydrogens is 368 g/mol. The first-order valence-electron chi connectivity index (χ1n) is 10.3. The van der Waals surface area contributed by atoms with Gasteiger partial charge in [-0.25, -0.2) is 4.98 Å². The van der Waals surface area contributed by atoms with Crippen LogP contribution >= 0.6 is 11.3 Å². The summed E-state index contributed by atoms with van der Waals surface area (Å²) in [5.74, 6) is 0.723. The maximum absolute atomic E-state index is 12.4. The molecule has 0 bridgehead atoms. The Hall–Kier alpha value is -1.76. The van der Waals surface area contributed by atoms with Crippen molar-refractivity contribution in [2.75, 3.05) is 37.6 Å². The second kappa shape index (κ2) is 9.63. The molecule has 0 N–H and O–H groups in total. The van der Waals surface area contributed by atoms with Crippen LogP contribution in [0.3, 0.4) is 0 Å². The Kier molecular flexibility index (Phi) is 7.21. The fraction of sp³-hybridized carbons (Fsp3) is 0.545. The molecule has 0 unspecified atom stereocenters. The van der Waals surface area contributed by atoms with Gasteiger partial charge in [0.15, 0.2) is 5.13 Å². The van der Waals surface area contributed by atoms with Crippen LogP contribution in [0.2, 0.25) is 0 Å². The molecule has 2 aromatic rings. The maximum atomic E-state index is 12.4. The van der Waals surface area contributed by atoms with Crippen molar-refractivity contribution in [2.45, 2.75) is 40.7 Å². The molecule has 1 aliphatic heterocycles. The van der Waals surface area contributed by atoms with Crippen molar-refractivity contribution in [3.8, 4) is 0 Å². The summed E-state index contributed by atoms with van der Waals surface area (Å²) in [6, 6.07) is 8.09. The quantitative estimate of drug-likeness (QED) is 0.699. The lowest BCUT2D eigenvalue weighted by Crippen LogP contribution is -2.46. The molecule has 152 valence electrons. The average molecular weight is 401 g/mol. The third kappa shape index (κ3) is 5.19. The Labute approximate surface area is 173 Å². The van der Waals surface area contributed by atoms with Gasteiger partial charge in [0.1, 0.15) is 0 Å². The molecule has 5 nitrogen and oxygen atoms in total. The Balaban J connectivity index is 1.68. The van der Waals surface area contributed by atoms with Crippen LogP contribution in [0, 0.1) is 5.92 Å². The van der Waals surface area contributed by atoms with Crippen molar-refractivity contribution in [2.24, 2.45) is 5.92 Å². The van der Waals surface area contributed by atoms with Crippen LogP contribution in [0.5, 0.6) is 0 Å². The highest BCUT2D eigenvalue weighted by molar-refractivity contribution is 7.14. The van der Waals surface area contributed by atoms with Crippen LogP contribution in [0.4, 0.5) is 10.8 Å². The van der Waals surface area contributed by atoms with Crippen molar-refractivity contribution in [1.29, 1.82) is 0 Å². The fourth-order valence-electron chi connectivity index (χ4n) is 3.78. The van der Waals surface area contributed by atoms with Crippen LogP contribution in [0.1, 0.15) is 39.0 Å². The molecule has 3 rings (SSSR count). The Morgan fingerprint density at radius 3 is 2.50 bits per heavy atom. The molecular formula is C22H32N4OS. The van der Waals surface area contributed by atoms with Gasteiger partial charge in [0, 0.05) is 51.6 Å². The van der Waals surface area contributed by atoms with E-state index in [1.54, 1.807) is 23.2 Å². The molecule has 1 aromatic heterocycles. The number of piperazine rings is 1. The highest BCUT2D eigenvalue weighted by atomic mass is 32.1. The summed E-state index contributed by atoms with van der Waals surface area (Å²) in [7, 11) is 0. The molecule has 1 amide bonds. The molecule has 0 radical (unpaired) electrons. The topological polar surface area (TPSA) is 39.7 Å². The zero-order chi connectivity index (χ0) is 20.1. The minimum atomic E-state index is 0.00380. The summed E-state index contributed by atoms with van der Waals surface area (Å²) in [6.07, 6.45) is 0.888. The molecule has 2 heterocycles. The molecule has 1 saturated heterocycles. The van der Waals surface area contributed by atoms with E-state index in [1.807, 2.05) is 18.2 Å². The summed E-state index contributed by atoms with van der Waals surface area (Å²) >= 11 is 1.55. The van der Waals surface area contributed by atoms with E-state index in [9.17, 15) is 4.79 Å². The van der Waals surface area contributed by atoms with Crippen LogP contribution < -0.4 is 4.90 Å². The number of aromatic nitrogens is 1. The molecule has 1 fully saturated rings. The van der Waals surface area contributed by atoms with Gasteiger partial charge < -0.3 is 4.90 Å². The van der Waals surface area contributed by atoms with Gasteiger partial charge in [-0.1, -0.05) is 39.0 Å². The maximum Gasteiger partial charge on any atom is 0.230 e. The lowest BCUT2D eigenvalue weighted by molar-refractivity contribution is -0.115. The normalized spacial score (nSPS) is 15.9. The fourth-order valence-corrected chi connectivity index (χ4v) is 4.65. The second-order valence-electron chi connectivity index (χ2n) is 7.93. The second-order valence-corrected chi connectivity index (χ2v) is 8.77. The van der Waals surface area contributed by atoms with Gasteiger partial charge in [-0.05, 0) is 24.0 Å². The number of hydrogen-bond acceptors (Lipinski definition) is 5. The van der Waals surface area contributed by atoms with Gasteiger partial charge in [0.25, 0.3) is 0 Å². The van der Waals surface area contributed by atoms with Gasteiger partial charge in [-0.15, -0.1) is 11.3 Å². The third-order valence-corrected chi connectivity index (χ3v) is 6.01. The SMILES string of the molecule is CCc1ccccc1N(C(C)=O)c1nc(CN2CCN(CC(C)C)CC2)cs1. The summed E-state index contributed by atoms with van der Waals surface area (Å²) in [4.78, 5) is 24.0. The van der Waals surface area contributed by atoms with Crippen LogP contribution in [-0.2, 0) is 17.8 Å². The van der Waals surface area contributed by atoms with Crippen molar-refractivity contribution in [3.63, 3.8) is 0 Å². The molecule has 6 heteroatoms. The van der Waals surface area contributed by atoms with Gasteiger partial charge >= 0.3 is 0 Å². The molecule has 0 atom stereocenters. The van der Waals surface area contributed by atoms with E-state index >= 15 is 0 Å². The van der Waals surface area contributed by atoms with Gasteiger partial charge in [0.05, 0.1) is 11.4 Å². The van der Waals surface area contributed by atoms with Gasteiger partial charge in [-0.2, -0.15) is 0 Å². The standard InChI is InChI=1S/C22H32N4OS/c1-5-19-8-6-7-9-21(19)26(18(4)27)22-23-20(16-28-22)15-25-12-10-24(11-13-25)14-17(2)3/h6-9,16-17H,5,10-15H2,1-4H3. The van der Waals surface area contributed by atoms with E-state index in [0.717, 1.165) is 67.1 Å². The van der Waals surface area contributed by atoms with Crippen molar-refractivity contribution < 1.29 is 4.79 Å². The molecule has 0 saturated carbocycles. The highest BCUT2D eigenvalue weighted by Crippen LogP contribution is 2.32. The van der Waals surface area contributed by atoms with Crippen LogP contribution in [0.15, 0.2) is 29.6 Å². The van der Waals surface area contributed by atoms with Crippen molar-refractivity contribution in [3.05, 3.63) is 40.9 Å². The van der Waals surface area contributed by atoms with Crippen LogP contribution in [0.25, 0.3) is 0 Å². The number of anilines is 2. The largest absolute Gasteiger partial charge is 0.301 e.